The zero-order valence-electron chi connectivity index (χ0n) is 18.1. The van der Waals surface area contributed by atoms with E-state index in [4.69, 9.17) is 9.47 Å². The number of methoxy groups -OCH3 is 1. The average Bonchev–Trinajstić information content (AvgIpc) is 2.73. The number of anilines is 1. The molecule has 0 fully saturated rings. The topological polar surface area (TPSA) is 97.0 Å². The Morgan fingerprint density at radius 3 is 2.67 bits per heavy atom. The van der Waals surface area contributed by atoms with Crippen molar-refractivity contribution < 1.29 is 23.9 Å². The molecular weight excluding hydrogens is 386 g/mol. The highest BCUT2D eigenvalue weighted by atomic mass is 16.6. The molecule has 8 heteroatoms. The number of hydrogen-bond donors (Lipinski definition) is 2. The first kappa shape index (κ1) is 23.4. The molecule has 0 saturated carbocycles. The number of carbonyl (C=O) groups is 3. The van der Waals surface area contributed by atoms with Crippen LogP contribution in [0.1, 0.15) is 51.6 Å². The van der Waals surface area contributed by atoms with Gasteiger partial charge in [0.2, 0.25) is 5.91 Å². The summed E-state index contributed by atoms with van der Waals surface area (Å²) in [6.45, 7) is 6.49. The summed E-state index contributed by atoms with van der Waals surface area (Å²) in [6.07, 6.45) is 2.10. The number of unbranched alkanes of at least 4 members (excludes halogenated alkanes) is 1. The van der Waals surface area contributed by atoms with E-state index in [0.29, 0.717) is 35.5 Å². The highest BCUT2D eigenvalue weighted by Gasteiger charge is 2.36. The molecular formula is C22H31N3O5. The van der Waals surface area contributed by atoms with Crippen LogP contribution in [0.3, 0.4) is 0 Å². The molecule has 164 valence electrons. The molecule has 1 atom stereocenters. The van der Waals surface area contributed by atoms with Gasteiger partial charge in [-0.1, -0.05) is 32.4 Å². The lowest BCUT2D eigenvalue weighted by atomic mass is 9.94. The molecule has 8 nitrogen and oxygen atoms in total. The predicted octanol–water partition coefficient (Wildman–Crippen LogP) is 3.37. The van der Waals surface area contributed by atoms with Gasteiger partial charge in [-0.2, -0.15) is 0 Å². The predicted molar refractivity (Wildman–Crippen MR) is 114 cm³/mol. The van der Waals surface area contributed by atoms with E-state index in [2.05, 4.69) is 10.6 Å². The zero-order chi connectivity index (χ0) is 22.1. The van der Waals surface area contributed by atoms with Crippen molar-refractivity contribution in [2.75, 3.05) is 32.2 Å². The summed E-state index contributed by atoms with van der Waals surface area (Å²) in [6, 6.07) is 6.17. The van der Waals surface area contributed by atoms with E-state index in [1.807, 2.05) is 13.0 Å². The molecule has 0 saturated heterocycles. The maximum absolute atomic E-state index is 12.9. The number of nitrogens with one attached hydrogen (secondary N) is 2. The number of ether oxygens (including phenoxy) is 2. The second kappa shape index (κ2) is 11.3. The van der Waals surface area contributed by atoms with Crippen LogP contribution in [0.15, 0.2) is 35.5 Å². The molecule has 1 aliphatic rings. The number of hydrogen-bond acceptors (Lipinski definition) is 5. The fourth-order valence-corrected chi connectivity index (χ4v) is 3.22. The Kier molecular flexibility index (Phi) is 8.86. The van der Waals surface area contributed by atoms with Crippen LogP contribution in [-0.2, 0) is 19.1 Å². The van der Waals surface area contributed by atoms with Crippen molar-refractivity contribution >= 4 is 23.6 Å². The highest BCUT2D eigenvalue weighted by molar-refractivity contribution is 5.95. The van der Waals surface area contributed by atoms with Crippen LogP contribution in [0.4, 0.5) is 10.5 Å². The van der Waals surface area contributed by atoms with Crippen molar-refractivity contribution in [1.29, 1.82) is 0 Å². The Morgan fingerprint density at radius 1 is 1.23 bits per heavy atom. The summed E-state index contributed by atoms with van der Waals surface area (Å²) in [4.78, 5) is 39.0. The van der Waals surface area contributed by atoms with Crippen molar-refractivity contribution in [1.82, 2.24) is 10.2 Å². The molecule has 0 aromatic heterocycles. The normalized spacial score (nSPS) is 16.3. The van der Waals surface area contributed by atoms with Gasteiger partial charge in [0.1, 0.15) is 6.61 Å². The molecule has 1 heterocycles. The van der Waals surface area contributed by atoms with E-state index >= 15 is 0 Å². The molecule has 0 bridgehead atoms. The van der Waals surface area contributed by atoms with Crippen molar-refractivity contribution in [2.45, 2.75) is 46.1 Å². The van der Waals surface area contributed by atoms with Crippen LogP contribution in [0.2, 0.25) is 0 Å². The monoisotopic (exact) mass is 417 g/mol. The fourth-order valence-electron chi connectivity index (χ4n) is 3.22. The third-order valence-corrected chi connectivity index (χ3v) is 4.90. The van der Waals surface area contributed by atoms with Crippen LogP contribution < -0.4 is 10.6 Å². The largest absolute Gasteiger partial charge is 0.460 e. The number of nitrogens with zero attached hydrogens (tertiary/aromatic N) is 1. The standard InChI is InChI=1S/C22H31N3O5/c1-5-7-11-25-15(3)19(21(27)30-13-12-29-4)20(24-22(25)28)16-9-8-10-17(14-16)23-18(26)6-2/h8-10,14,20H,5-7,11-13H2,1-4H3,(H,23,26)(H,24,28). The minimum atomic E-state index is -0.677. The van der Waals surface area contributed by atoms with Gasteiger partial charge in [-0.05, 0) is 31.0 Å². The lowest BCUT2D eigenvalue weighted by molar-refractivity contribution is -0.141. The number of rotatable bonds is 10. The molecule has 1 unspecified atom stereocenters. The van der Waals surface area contributed by atoms with Crippen LogP contribution >= 0.6 is 0 Å². The van der Waals surface area contributed by atoms with E-state index in [1.54, 1.807) is 36.9 Å². The van der Waals surface area contributed by atoms with Gasteiger partial charge in [0.25, 0.3) is 0 Å². The number of urea groups is 1. The molecule has 2 rings (SSSR count). The van der Waals surface area contributed by atoms with Gasteiger partial charge >= 0.3 is 12.0 Å². The number of allylic oxidation sites excluding steroid dienone is 1. The SMILES string of the molecule is CCCCN1C(=O)NC(c2cccc(NC(=O)CC)c2)C(C(=O)OCCOC)=C1C. The summed E-state index contributed by atoms with van der Waals surface area (Å²) in [7, 11) is 1.53. The quantitative estimate of drug-likeness (QED) is 0.449. The minimum absolute atomic E-state index is 0.114. The lowest BCUT2D eigenvalue weighted by Gasteiger charge is -2.35. The van der Waals surface area contributed by atoms with Crippen molar-refractivity contribution in [3.63, 3.8) is 0 Å². The van der Waals surface area contributed by atoms with Gasteiger partial charge in [-0.3, -0.25) is 9.69 Å². The first-order chi connectivity index (χ1) is 14.4. The molecule has 0 aliphatic carbocycles. The Bertz CT molecular complexity index is 806. The van der Waals surface area contributed by atoms with Gasteiger partial charge in [0.15, 0.2) is 0 Å². The van der Waals surface area contributed by atoms with Crippen molar-refractivity contribution in [3.8, 4) is 0 Å². The molecule has 2 N–H and O–H groups in total. The first-order valence-corrected chi connectivity index (χ1v) is 10.3. The molecule has 3 amide bonds. The minimum Gasteiger partial charge on any atom is -0.460 e. The molecule has 1 aromatic rings. The summed E-state index contributed by atoms with van der Waals surface area (Å²) in [5.41, 5.74) is 2.24. The van der Waals surface area contributed by atoms with E-state index < -0.39 is 12.0 Å². The van der Waals surface area contributed by atoms with Crippen LogP contribution in [0.25, 0.3) is 0 Å². The van der Waals surface area contributed by atoms with Crippen molar-refractivity contribution in [2.24, 2.45) is 0 Å². The average molecular weight is 418 g/mol. The van der Waals surface area contributed by atoms with E-state index in [1.165, 1.54) is 7.11 Å². The van der Waals surface area contributed by atoms with Crippen molar-refractivity contribution in [3.05, 3.63) is 41.1 Å². The van der Waals surface area contributed by atoms with E-state index in [0.717, 1.165) is 12.8 Å². The molecule has 30 heavy (non-hydrogen) atoms. The van der Waals surface area contributed by atoms with Gasteiger partial charge in [0.05, 0.1) is 18.2 Å². The summed E-state index contributed by atoms with van der Waals surface area (Å²) in [5, 5.41) is 5.73. The summed E-state index contributed by atoms with van der Waals surface area (Å²) >= 11 is 0. The Hall–Kier alpha value is -2.87. The summed E-state index contributed by atoms with van der Waals surface area (Å²) in [5.74, 6) is -0.615. The van der Waals surface area contributed by atoms with Gasteiger partial charge in [-0.15, -0.1) is 0 Å². The second-order valence-electron chi connectivity index (χ2n) is 7.04. The number of carbonyl (C=O) groups excluding carboxylic acids is 3. The number of esters is 1. The Labute approximate surface area is 177 Å². The Morgan fingerprint density at radius 2 is 2.00 bits per heavy atom. The van der Waals surface area contributed by atoms with E-state index in [-0.39, 0.29) is 25.2 Å². The van der Waals surface area contributed by atoms with Gasteiger partial charge < -0.3 is 20.1 Å². The summed E-state index contributed by atoms with van der Waals surface area (Å²) < 4.78 is 10.3. The molecule has 1 aliphatic heterocycles. The maximum atomic E-state index is 12.9. The lowest BCUT2D eigenvalue weighted by Crippen LogP contribution is -2.48. The maximum Gasteiger partial charge on any atom is 0.338 e. The first-order valence-electron chi connectivity index (χ1n) is 10.3. The number of amides is 3. The fraction of sp³-hybridized carbons (Fsp3) is 0.500. The third kappa shape index (κ3) is 5.82. The van der Waals surface area contributed by atoms with Gasteiger partial charge in [0, 0.05) is 31.5 Å². The van der Waals surface area contributed by atoms with Crippen LogP contribution in [0, 0.1) is 0 Å². The Balaban J connectivity index is 2.41. The zero-order valence-corrected chi connectivity index (χ0v) is 18.1. The smallest absolute Gasteiger partial charge is 0.338 e. The molecule has 0 spiro atoms. The second-order valence-corrected chi connectivity index (χ2v) is 7.04. The van der Waals surface area contributed by atoms with E-state index in [9.17, 15) is 14.4 Å². The van der Waals surface area contributed by atoms with Crippen LogP contribution in [-0.4, -0.2) is 49.7 Å². The molecule has 0 radical (unpaired) electrons. The van der Waals surface area contributed by atoms with Crippen LogP contribution in [0.5, 0.6) is 0 Å². The molecule has 1 aromatic carbocycles. The number of benzene rings is 1. The van der Waals surface area contributed by atoms with Gasteiger partial charge in [-0.25, -0.2) is 9.59 Å². The highest BCUT2D eigenvalue weighted by Crippen LogP contribution is 2.32. The third-order valence-electron chi connectivity index (χ3n) is 4.90.